The number of hydrogen-bond acceptors (Lipinski definition) is 7. The lowest BCUT2D eigenvalue weighted by Crippen LogP contribution is -2.46. The number of amides is 3. The molecule has 3 amide bonds. The van der Waals surface area contributed by atoms with E-state index < -0.39 is 23.9 Å². The van der Waals surface area contributed by atoms with Crippen molar-refractivity contribution in [2.75, 3.05) is 12.3 Å². The minimum atomic E-state index is -0.970. The molecule has 11 heteroatoms. The van der Waals surface area contributed by atoms with Crippen LogP contribution in [0.2, 0.25) is 0 Å². The van der Waals surface area contributed by atoms with E-state index in [9.17, 15) is 19.2 Å². The number of primary amides is 1. The maximum atomic E-state index is 12.5. The molecule has 0 aliphatic rings. The second-order valence-electron chi connectivity index (χ2n) is 5.58. The number of aromatic amines is 1. The van der Waals surface area contributed by atoms with E-state index in [2.05, 4.69) is 20.6 Å². The topological polar surface area (TPSA) is 173 Å². The maximum Gasteiger partial charge on any atom is 0.240 e. The van der Waals surface area contributed by atoms with Gasteiger partial charge in [-0.1, -0.05) is 11.8 Å². The van der Waals surface area contributed by atoms with Gasteiger partial charge in [-0.25, -0.2) is 4.98 Å². The summed E-state index contributed by atoms with van der Waals surface area (Å²) in [6.07, 6.45) is 3.97. The number of H-pyrrole nitrogens is 1. The normalized spacial score (nSPS) is 12.8. The summed E-state index contributed by atoms with van der Waals surface area (Å²) in [5, 5.41) is 4.70. The van der Waals surface area contributed by atoms with Gasteiger partial charge in [0.1, 0.15) is 12.1 Å². The van der Waals surface area contributed by atoms with Crippen LogP contribution in [-0.4, -0.2) is 57.2 Å². The highest BCUT2D eigenvalue weighted by Gasteiger charge is 2.25. The lowest BCUT2D eigenvalue weighted by molar-refractivity contribution is -0.125. The van der Waals surface area contributed by atoms with Crippen molar-refractivity contribution < 1.29 is 19.2 Å². The van der Waals surface area contributed by atoms with E-state index in [1.807, 2.05) is 0 Å². The zero-order valence-electron chi connectivity index (χ0n) is 14.5. The highest BCUT2D eigenvalue weighted by molar-refractivity contribution is 8.13. The van der Waals surface area contributed by atoms with Gasteiger partial charge in [-0.3, -0.25) is 19.2 Å². The Bertz CT molecular complexity index is 622. The van der Waals surface area contributed by atoms with Crippen LogP contribution >= 0.6 is 11.8 Å². The third-order valence-electron chi connectivity index (χ3n) is 3.32. The third kappa shape index (κ3) is 8.12. The van der Waals surface area contributed by atoms with Crippen LogP contribution in [-0.2, 0) is 25.6 Å². The average Bonchev–Trinajstić information content (AvgIpc) is 3.08. The third-order valence-corrected chi connectivity index (χ3v) is 4.39. The molecule has 0 fully saturated rings. The Kier molecular flexibility index (Phi) is 9.37. The van der Waals surface area contributed by atoms with E-state index in [1.165, 1.54) is 13.3 Å². The number of imidazole rings is 1. The van der Waals surface area contributed by atoms with Crippen LogP contribution in [0.4, 0.5) is 0 Å². The highest BCUT2D eigenvalue weighted by atomic mass is 32.2. The second kappa shape index (κ2) is 11.3. The van der Waals surface area contributed by atoms with Gasteiger partial charge in [-0.2, -0.15) is 0 Å². The molecular weight excluding hydrogens is 360 g/mol. The minimum Gasteiger partial charge on any atom is -0.368 e. The van der Waals surface area contributed by atoms with Gasteiger partial charge in [0.25, 0.3) is 0 Å². The van der Waals surface area contributed by atoms with E-state index in [4.69, 9.17) is 11.5 Å². The number of nitrogens with two attached hydrogens (primary N) is 2. The Balaban J connectivity index is 2.71. The standard InChI is InChI=1S/C15H24N6O4S/c1-9(22)20-12(14(17)24)7-26-15(25)11(5-10-6-18-8-19-10)21-13(23)3-2-4-16/h6,8,11-12H,2-5,7,16H2,1H3,(H2,17,24)(H,18,19)(H,20,22)(H,21,23). The first-order chi connectivity index (χ1) is 12.3. The van der Waals surface area contributed by atoms with Crippen molar-refractivity contribution in [1.82, 2.24) is 20.6 Å². The first-order valence-electron chi connectivity index (χ1n) is 8.03. The van der Waals surface area contributed by atoms with E-state index in [1.54, 1.807) is 6.20 Å². The Labute approximate surface area is 155 Å². The van der Waals surface area contributed by atoms with E-state index in [-0.39, 0.29) is 29.6 Å². The summed E-state index contributed by atoms with van der Waals surface area (Å²) in [6, 6.07) is -1.78. The lowest BCUT2D eigenvalue weighted by Gasteiger charge is -2.18. The number of carbonyl (C=O) groups excluding carboxylic acids is 4. The van der Waals surface area contributed by atoms with E-state index in [0.717, 1.165) is 11.8 Å². The molecule has 144 valence electrons. The number of nitrogens with zero attached hydrogens (tertiary/aromatic N) is 1. The Morgan fingerprint density at radius 1 is 1.27 bits per heavy atom. The molecule has 0 bridgehead atoms. The fourth-order valence-electron chi connectivity index (χ4n) is 2.04. The van der Waals surface area contributed by atoms with Crippen LogP contribution in [0.1, 0.15) is 25.5 Å². The fraction of sp³-hybridized carbons (Fsp3) is 0.533. The van der Waals surface area contributed by atoms with Crippen molar-refractivity contribution in [1.29, 1.82) is 0 Å². The van der Waals surface area contributed by atoms with Crippen molar-refractivity contribution in [2.45, 2.75) is 38.3 Å². The van der Waals surface area contributed by atoms with Gasteiger partial charge < -0.3 is 27.1 Å². The Morgan fingerprint density at radius 3 is 2.54 bits per heavy atom. The second-order valence-corrected chi connectivity index (χ2v) is 6.60. The SMILES string of the molecule is CC(=O)NC(CSC(=O)C(Cc1cnc[nH]1)NC(=O)CCCN)C(N)=O. The smallest absolute Gasteiger partial charge is 0.240 e. The lowest BCUT2D eigenvalue weighted by atomic mass is 10.1. The van der Waals surface area contributed by atoms with Crippen molar-refractivity contribution in [3.63, 3.8) is 0 Å². The van der Waals surface area contributed by atoms with E-state index >= 15 is 0 Å². The molecule has 0 saturated carbocycles. The van der Waals surface area contributed by atoms with Crippen LogP contribution < -0.4 is 22.1 Å². The van der Waals surface area contributed by atoms with Gasteiger partial charge in [0.05, 0.1) is 6.33 Å². The van der Waals surface area contributed by atoms with Gasteiger partial charge in [-0.05, 0) is 13.0 Å². The molecule has 0 saturated heterocycles. The van der Waals surface area contributed by atoms with Gasteiger partial charge in [0.15, 0.2) is 0 Å². The number of nitrogens with one attached hydrogen (secondary N) is 3. The summed E-state index contributed by atoms with van der Waals surface area (Å²) >= 11 is 0.822. The van der Waals surface area contributed by atoms with Crippen molar-refractivity contribution in [2.24, 2.45) is 11.5 Å². The number of carbonyl (C=O) groups is 4. The molecule has 1 aromatic rings. The van der Waals surface area contributed by atoms with E-state index in [0.29, 0.717) is 18.7 Å². The Hall–Kier alpha value is -2.40. The van der Waals surface area contributed by atoms with Crippen LogP contribution in [0.5, 0.6) is 0 Å². The van der Waals surface area contributed by atoms with Crippen molar-refractivity contribution in [3.8, 4) is 0 Å². The molecule has 0 aromatic carbocycles. The molecule has 7 N–H and O–H groups in total. The van der Waals surface area contributed by atoms with Crippen LogP contribution in [0.25, 0.3) is 0 Å². The summed E-state index contributed by atoms with van der Waals surface area (Å²) in [7, 11) is 0. The predicted molar refractivity (Wildman–Crippen MR) is 96.8 cm³/mol. The molecule has 2 unspecified atom stereocenters. The molecule has 0 radical (unpaired) electrons. The summed E-state index contributed by atoms with van der Waals surface area (Å²) in [6.45, 7) is 1.62. The first kappa shape index (κ1) is 21.6. The highest BCUT2D eigenvalue weighted by Crippen LogP contribution is 2.12. The first-order valence-corrected chi connectivity index (χ1v) is 9.01. The molecular formula is C15H24N6O4S. The summed E-state index contributed by atoms with van der Waals surface area (Å²) < 4.78 is 0. The molecule has 10 nitrogen and oxygen atoms in total. The van der Waals surface area contributed by atoms with Crippen LogP contribution in [0.15, 0.2) is 12.5 Å². The van der Waals surface area contributed by atoms with Gasteiger partial charge in [0, 0.05) is 37.4 Å². The summed E-state index contributed by atoms with van der Waals surface area (Å²) in [5.41, 5.74) is 11.3. The largest absolute Gasteiger partial charge is 0.368 e. The monoisotopic (exact) mass is 384 g/mol. The zero-order valence-corrected chi connectivity index (χ0v) is 15.3. The van der Waals surface area contributed by atoms with Gasteiger partial charge >= 0.3 is 0 Å². The van der Waals surface area contributed by atoms with Crippen molar-refractivity contribution in [3.05, 3.63) is 18.2 Å². The number of rotatable bonds is 11. The zero-order chi connectivity index (χ0) is 19.5. The number of thioether (sulfide) groups is 1. The Morgan fingerprint density at radius 2 is 2.00 bits per heavy atom. The van der Waals surface area contributed by atoms with Crippen molar-refractivity contribution >= 4 is 34.6 Å². The number of aromatic nitrogens is 2. The molecule has 2 atom stereocenters. The fourth-order valence-corrected chi connectivity index (χ4v) is 2.97. The van der Waals surface area contributed by atoms with Gasteiger partial charge in [0.2, 0.25) is 22.8 Å². The quantitative estimate of drug-likeness (QED) is 0.306. The number of hydrogen-bond donors (Lipinski definition) is 5. The maximum absolute atomic E-state index is 12.5. The molecule has 1 heterocycles. The predicted octanol–water partition coefficient (Wildman–Crippen LogP) is -1.57. The summed E-state index contributed by atoms with van der Waals surface area (Å²) in [4.78, 5) is 53.7. The summed E-state index contributed by atoms with van der Waals surface area (Å²) in [5.74, 6) is -1.47. The molecule has 0 aliphatic carbocycles. The van der Waals surface area contributed by atoms with Crippen LogP contribution in [0, 0.1) is 0 Å². The van der Waals surface area contributed by atoms with Crippen LogP contribution in [0.3, 0.4) is 0 Å². The molecule has 0 spiro atoms. The molecule has 1 aromatic heterocycles. The van der Waals surface area contributed by atoms with Gasteiger partial charge in [-0.15, -0.1) is 0 Å². The average molecular weight is 384 g/mol. The minimum absolute atomic E-state index is 0.0219. The molecule has 26 heavy (non-hydrogen) atoms. The molecule has 1 rings (SSSR count). The molecule has 0 aliphatic heterocycles.